The lowest BCUT2D eigenvalue weighted by atomic mass is 9.91. The van der Waals surface area contributed by atoms with E-state index < -0.39 is 0 Å². The van der Waals surface area contributed by atoms with Gasteiger partial charge in [0.2, 0.25) is 5.91 Å². The molecular weight excluding hydrogens is 358 g/mol. The lowest BCUT2D eigenvalue weighted by Gasteiger charge is -2.35. The molecule has 4 heterocycles. The van der Waals surface area contributed by atoms with E-state index in [4.69, 9.17) is 4.98 Å². The highest BCUT2D eigenvalue weighted by molar-refractivity contribution is 7.15. The molecule has 0 radical (unpaired) electrons. The summed E-state index contributed by atoms with van der Waals surface area (Å²) < 4.78 is 0. The number of thiazole rings is 1. The Balaban J connectivity index is 1.35. The van der Waals surface area contributed by atoms with Crippen molar-refractivity contribution in [3.05, 3.63) is 35.0 Å². The van der Waals surface area contributed by atoms with Gasteiger partial charge >= 0.3 is 0 Å². The second-order valence-corrected chi connectivity index (χ2v) is 8.73. The molecule has 0 aliphatic carbocycles. The molecular formula is C20H27N5OS. The number of hydrogen-bond acceptors (Lipinski definition) is 6. The molecule has 144 valence electrons. The van der Waals surface area contributed by atoms with Crippen LogP contribution in [0.25, 0.3) is 0 Å². The van der Waals surface area contributed by atoms with Gasteiger partial charge in [0.15, 0.2) is 5.13 Å². The summed E-state index contributed by atoms with van der Waals surface area (Å²) in [4.78, 5) is 25.1. The van der Waals surface area contributed by atoms with Crippen molar-refractivity contribution in [2.45, 2.75) is 38.5 Å². The van der Waals surface area contributed by atoms with E-state index in [1.54, 1.807) is 11.3 Å². The molecule has 27 heavy (non-hydrogen) atoms. The molecule has 2 aromatic rings. The SMILES string of the molecule is Cc1cnc(Nc2cccc(C3CCN(C(=O)[C@@H]4CCCNC4)CC3)n2)s1. The maximum absolute atomic E-state index is 12.7. The van der Waals surface area contributed by atoms with Gasteiger partial charge in [-0.25, -0.2) is 9.97 Å². The summed E-state index contributed by atoms with van der Waals surface area (Å²) in [6, 6.07) is 6.14. The van der Waals surface area contributed by atoms with Crippen LogP contribution in [0.15, 0.2) is 24.4 Å². The minimum atomic E-state index is 0.169. The molecule has 2 N–H and O–H groups in total. The summed E-state index contributed by atoms with van der Waals surface area (Å²) in [6.45, 7) is 5.61. The van der Waals surface area contributed by atoms with Gasteiger partial charge in [-0.15, -0.1) is 11.3 Å². The largest absolute Gasteiger partial charge is 0.342 e. The zero-order valence-corrected chi connectivity index (χ0v) is 16.6. The Hall–Kier alpha value is -1.99. The molecule has 1 atom stereocenters. The van der Waals surface area contributed by atoms with Crippen LogP contribution in [0.5, 0.6) is 0 Å². The van der Waals surface area contributed by atoms with Gasteiger partial charge in [0.25, 0.3) is 0 Å². The molecule has 0 bridgehead atoms. The number of amides is 1. The number of nitrogens with zero attached hydrogens (tertiary/aromatic N) is 3. The monoisotopic (exact) mass is 385 g/mol. The Morgan fingerprint density at radius 1 is 1.30 bits per heavy atom. The van der Waals surface area contributed by atoms with Crippen LogP contribution < -0.4 is 10.6 Å². The molecule has 2 aliphatic heterocycles. The first-order valence-corrected chi connectivity index (χ1v) is 10.7. The molecule has 1 amide bonds. The van der Waals surface area contributed by atoms with Gasteiger partial charge in [-0.3, -0.25) is 4.79 Å². The van der Waals surface area contributed by atoms with Crippen molar-refractivity contribution in [3.63, 3.8) is 0 Å². The lowest BCUT2D eigenvalue weighted by Crippen LogP contribution is -2.45. The molecule has 2 saturated heterocycles. The first-order chi connectivity index (χ1) is 13.2. The van der Waals surface area contributed by atoms with Crippen molar-refractivity contribution in [2.75, 3.05) is 31.5 Å². The van der Waals surface area contributed by atoms with Crippen LogP contribution in [0, 0.1) is 12.8 Å². The van der Waals surface area contributed by atoms with Crippen molar-refractivity contribution in [1.82, 2.24) is 20.2 Å². The number of pyridine rings is 1. The van der Waals surface area contributed by atoms with E-state index in [0.29, 0.717) is 11.8 Å². The fourth-order valence-electron chi connectivity index (χ4n) is 3.99. The predicted molar refractivity (Wildman–Crippen MR) is 109 cm³/mol. The summed E-state index contributed by atoms with van der Waals surface area (Å²) in [5, 5.41) is 7.52. The Kier molecular flexibility index (Phi) is 5.69. The molecule has 0 aromatic carbocycles. The van der Waals surface area contributed by atoms with Gasteiger partial charge in [0.05, 0.1) is 5.92 Å². The molecule has 6 nitrogen and oxygen atoms in total. The van der Waals surface area contributed by atoms with E-state index >= 15 is 0 Å². The van der Waals surface area contributed by atoms with E-state index in [0.717, 1.165) is 68.5 Å². The number of piperidine rings is 2. The quantitative estimate of drug-likeness (QED) is 0.845. The highest BCUT2D eigenvalue weighted by Gasteiger charge is 2.29. The second-order valence-electron chi connectivity index (χ2n) is 7.49. The van der Waals surface area contributed by atoms with Crippen LogP contribution in [0.4, 0.5) is 10.9 Å². The minimum absolute atomic E-state index is 0.169. The van der Waals surface area contributed by atoms with Crippen molar-refractivity contribution >= 4 is 28.2 Å². The highest BCUT2D eigenvalue weighted by atomic mass is 32.1. The van der Waals surface area contributed by atoms with Crippen LogP contribution in [0.3, 0.4) is 0 Å². The summed E-state index contributed by atoms with van der Waals surface area (Å²) in [5.41, 5.74) is 1.11. The number of likely N-dealkylation sites (tertiary alicyclic amines) is 1. The van der Waals surface area contributed by atoms with Crippen LogP contribution in [0.2, 0.25) is 0 Å². The van der Waals surface area contributed by atoms with E-state index in [1.165, 1.54) is 4.88 Å². The number of carbonyl (C=O) groups is 1. The molecule has 0 unspecified atom stereocenters. The van der Waals surface area contributed by atoms with Crippen LogP contribution in [0.1, 0.15) is 42.2 Å². The van der Waals surface area contributed by atoms with Crippen molar-refractivity contribution in [2.24, 2.45) is 5.92 Å². The minimum Gasteiger partial charge on any atom is -0.342 e. The first-order valence-electron chi connectivity index (χ1n) is 9.85. The van der Waals surface area contributed by atoms with E-state index in [9.17, 15) is 4.79 Å². The zero-order chi connectivity index (χ0) is 18.6. The zero-order valence-electron chi connectivity index (χ0n) is 15.8. The lowest BCUT2D eigenvalue weighted by molar-refractivity contribution is -0.137. The number of carbonyl (C=O) groups excluding carboxylic acids is 1. The number of rotatable bonds is 4. The average molecular weight is 386 g/mol. The van der Waals surface area contributed by atoms with Gasteiger partial charge in [0.1, 0.15) is 5.82 Å². The van der Waals surface area contributed by atoms with Gasteiger partial charge < -0.3 is 15.5 Å². The Morgan fingerprint density at radius 2 is 2.15 bits per heavy atom. The fraction of sp³-hybridized carbons (Fsp3) is 0.550. The van der Waals surface area contributed by atoms with E-state index in [2.05, 4.69) is 32.7 Å². The molecule has 0 spiro atoms. The Morgan fingerprint density at radius 3 is 2.85 bits per heavy atom. The summed E-state index contributed by atoms with van der Waals surface area (Å²) >= 11 is 1.63. The highest BCUT2D eigenvalue weighted by Crippen LogP contribution is 2.29. The van der Waals surface area contributed by atoms with E-state index in [-0.39, 0.29) is 5.92 Å². The molecule has 4 rings (SSSR count). The van der Waals surface area contributed by atoms with E-state index in [1.807, 2.05) is 19.2 Å². The Bertz CT molecular complexity index is 778. The number of aryl methyl sites for hydroxylation is 1. The Labute approximate surface area is 164 Å². The third kappa shape index (κ3) is 4.47. The van der Waals surface area contributed by atoms with Gasteiger partial charge in [-0.2, -0.15) is 0 Å². The van der Waals surface area contributed by atoms with Crippen LogP contribution in [-0.4, -0.2) is 47.0 Å². The van der Waals surface area contributed by atoms with Crippen LogP contribution in [-0.2, 0) is 4.79 Å². The molecule has 2 aromatic heterocycles. The standard InChI is InChI=1S/C20H27N5OS/c1-14-12-22-20(27-14)24-18-6-2-5-17(23-18)15-7-10-25(11-8-15)19(26)16-4-3-9-21-13-16/h2,5-6,12,15-16,21H,3-4,7-11,13H2,1H3,(H,22,23,24)/t16-/m1/s1. The maximum atomic E-state index is 12.7. The number of aromatic nitrogens is 2. The average Bonchev–Trinajstić information content (AvgIpc) is 3.13. The van der Waals surface area contributed by atoms with Crippen LogP contribution >= 0.6 is 11.3 Å². The van der Waals surface area contributed by atoms with Crippen molar-refractivity contribution in [3.8, 4) is 0 Å². The van der Waals surface area contributed by atoms with Gasteiger partial charge in [0, 0.05) is 42.3 Å². The molecule has 2 fully saturated rings. The topological polar surface area (TPSA) is 70.2 Å². The predicted octanol–water partition coefficient (Wildman–Crippen LogP) is 3.30. The molecule has 2 aliphatic rings. The van der Waals surface area contributed by atoms with Gasteiger partial charge in [-0.05, 0) is 51.3 Å². The smallest absolute Gasteiger partial charge is 0.226 e. The summed E-state index contributed by atoms with van der Waals surface area (Å²) in [5.74, 6) is 1.76. The normalized spacial score (nSPS) is 21.2. The number of anilines is 2. The van der Waals surface area contributed by atoms with Crippen molar-refractivity contribution < 1.29 is 4.79 Å². The summed E-state index contributed by atoms with van der Waals surface area (Å²) in [6.07, 6.45) is 5.97. The summed E-state index contributed by atoms with van der Waals surface area (Å²) in [7, 11) is 0. The van der Waals surface area contributed by atoms with Crippen molar-refractivity contribution in [1.29, 1.82) is 0 Å². The third-order valence-electron chi connectivity index (χ3n) is 5.50. The fourth-order valence-corrected chi connectivity index (χ4v) is 4.66. The van der Waals surface area contributed by atoms with Gasteiger partial charge in [-0.1, -0.05) is 6.07 Å². The second kappa shape index (κ2) is 8.35. The first kappa shape index (κ1) is 18.4. The number of nitrogens with one attached hydrogen (secondary N) is 2. The third-order valence-corrected chi connectivity index (χ3v) is 6.33. The molecule has 0 saturated carbocycles. The number of hydrogen-bond donors (Lipinski definition) is 2. The molecule has 7 heteroatoms. The maximum Gasteiger partial charge on any atom is 0.226 e.